The fourth-order valence-electron chi connectivity index (χ4n) is 1.48. The number of ether oxygens (including phenoxy) is 1. The predicted octanol–water partition coefficient (Wildman–Crippen LogP) is 3.79. The molecule has 2 rings (SSSR count). The second-order valence-corrected chi connectivity index (χ2v) is 5.07. The number of aromatic nitrogens is 2. The molecule has 112 valence electrons. The summed E-state index contributed by atoms with van der Waals surface area (Å²) in [6.45, 7) is -0.826. The normalized spacial score (nSPS) is 11.2. The minimum Gasteiger partial charge on any atom is -0.468 e. The molecule has 0 saturated carbocycles. The van der Waals surface area contributed by atoms with Crippen molar-refractivity contribution in [1.82, 2.24) is 9.97 Å². The topological polar surface area (TPSA) is 47.0 Å². The van der Waals surface area contributed by atoms with Crippen molar-refractivity contribution in [3.63, 3.8) is 0 Å². The number of hydrogen-bond donors (Lipinski definition) is 1. The van der Waals surface area contributed by atoms with Crippen molar-refractivity contribution < 1.29 is 17.9 Å². The molecular formula is C13H11BrF3N3O. The van der Waals surface area contributed by atoms with Crippen LogP contribution in [0.3, 0.4) is 0 Å². The van der Waals surface area contributed by atoms with Gasteiger partial charge in [0.2, 0.25) is 5.88 Å². The highest BCUT2D eigenvalue weighted by Gasteiger charge is 2.28. The van der Waals surface area contributed by atoms with Crippen molar-refractivity contribution in [3.8, 4) is 5.88 Å². The average Bonchev–Trinajstić information content (AvgIpc) is 2.43. The number of pyridine rings is 2. The van der Waals surface area contributed by atoms with Gasteiger partial charge in [0, 0.05) is 29.5 Å². The lowest BCUT2D eigenvalue weighted by molar-refractivity contribution is -0.154. The average molecular weight is 362 g/mol. The molecule has 0 unspecified atom stereocenters. The third-order valence-corrected chi connectivity index (χ3v) is 2.81. The molecule has 8 heteroatoms. The Kier molecular flexibility index (Phi) is 5.00. The van der Waals surface area contributed by atoms with Gasteiger partial charge in [0.25, 0.3) is 0 Å². The summed E-state index contributed by atoms with van der Waals surface area (Å²) in [6, 6.07) is 4.89. The Labute approximate surface area is 127 Å². The first-order valence-electron chi connectivity index (χ1n) is 5.91. The zero-order valence-electron chi connectivity index (χ0n) is 10.7. The number of nitrogens with zero attached hydrogens (tertiary/aromatic N) is 2. The Hall–Kier alpha value is -1.83. The molecule has 0 bridgehead atoms. The molecule has 21 heavy (non-hydrogen) atoms. The Morgan fingerprint density at radius 2 is 2.00 bits per heavy atom. The number of rotatable bonds is 5. The van der Waals surface area contributed by atoms with Crippen LogP contribution >= 0.6 is 15.9 Å². The predicted molar refractivity (Wildman–Crippen MR) is 75.1 cm³/mol. The Morgan fingerprint density at radius 1 is 1.19 bits per heavy atom. The van der Waals surface area contributed by atoms with Crippen LogP contribution in [0.15, 0.2) is 41.3 Å². The quantitative estimate of drug-likeness (QED) is 0.879. The lowest BCUT2D eigenvalue weighted by Gasteiger charge is -2.09. The number of hydrogen-bond acceptors (Lipinski definition) is 4. The van der Waals surface area contributed by atoms with E-state index in [0.29, 0.717) is 12.2 Å². The second kappa shape index (κ2) is 6.75. The van der Waals surface area contributed by atoms with Crippen molar-refractivity contribution in [2.45, 2.75) is 12.7 Å². The summed E-state index contributed by atoms with van der Waals surface area (Å²) in [7, 11) is 0. The van der Waals surface area contributed by atoms with Crippen LogP contribution < -0.4 is 10.1 Å². The van der Waals surface area contributed by atoms with Crippen LogP contribution in [0.2, 0.25) is 0 Å². The van der Waals surface area contributed by atoms with Crippen LogP contribution in [0.25, 0.3) is 0 Å². The highest BCUT2D eigenvalue weighted by atomic mass is 79.9. The monoisotopic (exact) mass is 361 g/mol. The zero-order valence-corrected chi connectivity index (χ0v) is 12.3. The molecule has 0 aliphatic rings. The van der Waals surface area contributed by atoms with E-state index >= 15 is 0 Å². The van der Waals surface area contributed by atoms with Gasteiger partial charge in [-0.3, -0.25) is 4.98 Å². The summed E-state index contributed by atoms with van der Waals surface area (Å²) >= 11 is 3.32. The third kappa shape index (κ3) is 5.58. The van der Waals surface area contributed by atoms with E-state index in [9.17, 15) is 13.2 Å². The van der Waals surface area contributed by atoms with Gasteiger partial charge in [-0.05, 0) is 33.6 Å². The molecule has 4 nitrogen and oxygen atoms in total. The molecular weight excluding hydrogens is 351 g/mol. The van der Waals surface area contributed by atoms with Crippen LogP contribution in [0, 0.1) is 0 Å². The fourth-order valence-corrected chi connectivity index (χ4v) is 1.89. The first kappa shape index (κ1) is 15.6. The Morgan fingerprint density at radius 3 is 2.62 bits per heavy atom. The summed E-state index contributed by atoms with van der Waals surface area (Å²) in [6.07, 6.45) is 0.438. The molecule has 2 aromatic rings. The summed E-state index contributed by atoms with van der Waals surface area (Å²) in [5, 5.41) is 3.09. The first-order valence-corrected chi connectivity index (χ1v) is 6.70. The van der Waals surface area contributed by atoms with Crippen molar-refractivity contribution in [2.24, 2.45) is 0 Å². The summed E-state index contributed by atoms with van der Waals surface area (Å²) in [5.41, 5.74) is 1.64. The van der Waals surface area contributed by atoms with E-state index in [0.717, 1.165) is 10.0 Å². The van der Waals surface area contributed by atoms with Gasteiger partial charge in [-0.15, -0.1) is 0 Å². The van der Waals surface area contributed by atoms with Gasteiger partial charge in [-0.1, -0.05) is 0 Å². The molecule has 2 aromatic heterocycles. The lowest BCUT2D eigenvalue weighted by atomic mass is 10.3. The summed E-state index contributed by atoms with van der Waals surface area (Å²) in [4.78, 5) is 7.83. The maximum absolute atomic E-state index is 12.0. The molecule has 2 heterocycles. The number of anilines is 1. The molecule has 0 spiro atoms. The standard InChI is InChI=1S/C13H11BrF3N3O/c14-10-3-9(4-18-6-10)5-19-11-1-2-12(20-7-11)21-8-13(15,16)17/h1-4,6-7,19H,5,8H2. The third-order valence-electron chi connectivity index (χ3n) is 2.38. The van der Waals surface area contributed by atoms with Crippen molar-refractivity contribution >= 4 is 21.6 Å². The van der Waals surface area contributed by atoms with Gasteiger partial charge in [-0.25, -0.2) is 4.98 Å². The Bertz CT molecular complexity index is 590. The number of nitrogens with one attached hydrogen (secondary N) is 1. The van der Waals surface area contributed by atoms with E-state index in [1.165, 1.54) is 12.3 Å². The van der Waals surface area contributed by atoms with Crippen LogP contribution in [0.1, 0.15) is 5.56 Å². The van der Waals surface area contributed by atoms with E-state index in [-0.39, 0.29) is 5.88 Å². The smallest absolute Gasteiger partial charge is 0.422 e. The van der Waals surface area contributed by atoms with E-state index < -0.39 is 12.8 Å². The lowest BCUT2D eigenvalue weighted by Crippen LogP contribution is -2.19. The summed E-state index contributed by atoms with van der Waals surface area (Å²) < 4.78 is 41.4. The maximum Gasteiger partial charge on any atom is 0.422 e. The highest BCUT2D eigenvalue weighted by molar-refractivity contribution is 9.10. The van der Waals surface area contributed by atoms with E-state index in [2.05, 4.69) is 36.0 Å². The molecule has 0 radical (unpaired) electrons. The fraction of sp³-hybridized carbons (Fsp3) is 0.231. The molecule has 1 N–H and O–H groups in total. The molecule has 0 atom stereocenters. The van der Waals surface area contributed by atoms with Gasteiger partial charge in [-0.2, -0.15) is 13.2 Å². The maximum atomic E-state index is 12.0. The number of halogens is 4. The van der Waals surface area contributed by atoms with Crippen molar-refractivity contribution in [3.05, 3.63) is 46.8 Å². The van der Waals surface area contributed by atoms with E-state index in [1.807, 2.05) is 6.07 Å². The first-order chi connectivity index (χ1) is 9.92. The van der Waals surface area contributed by atoms with Crippen LogP contribution in [-0.4, -0.2) is 22.8 Å². The number of alkyl halides is 3. The van der Waals surface area contributed by atoms with Gasteiger partial charge in [0.05, 0.1) is 11.9 Å². The zero-order chi connectivity index (χ0) is 15.3. The summed E-state index contributed by atoms with van der Waals surface area (Å²) in [5.74, 6) is -0.0676. The molecule has 0 aliphatic carbocycles. The second-order valence-electron chi connectivity index (χ2n) is 4.15. The minimum absolute atomic E-state index is 0.0676. The molecule has 0 aromatic carbocycles. The van der Waals surface area contributed by atoms with Crippen LogP contribution in [-0.2, 0) is 6.54 Å². The van der Waals surface area contributed by atoms with Crippen molar-refractivity contribution in [2.75, 3.05) is 11.9 Å². The van der Waals surface area contributed by atoms with Gasteiger partial charge in [0.1, 0.15) is 0 Å². The van der Waals surface area contributed by atoms with Gasteiger partial charge < -0.3 is 10.1 Å². The SMILES string of the molecule is FC(F)(F)COc1ccc(NCc2cncc(Br)c2)cn1. The van der Waals surface area contributed by atoms with Crippen LogP contribution in [0.5, 0.6) is 5.88 Å². The van der Waals surface area contributed by atoms with E-state index in [1.54, 1.807) is 18.5 Å². The molecule has 0 amide bonds. The highest BCUT2D eigenvalue weighted by Crippen LogP contribution is 2.18. The van der Waals surface area contributed by atoms with Gasteiger partial charge in [0.15, 0.2) is 6.61 Å². The van der Waals surface area contributed by atoms with Crippen molar-refractivity contribution in [1.29, 1.82) is 0 Å². The van der Waals surface area contributed by atoms with E-state index in [4.69, 9.17) is 0 Å². The molecule has 0 aliphatic heterocycles. The van der Waals surface area contributed by atoms with Crippen LogP contribution in [0.4, 0.5) is 18.9 Å². The van der Waals surface area contributed by atoms with Gasteiger partial charge >= 0.3 is 6.18 Å². The largest absolute Gasteiger partial charge is 0.468 e. The molecule has 0 saturated heterocycles. The Balaban J connectivity index is 1.87. The minimum atomic E-state index is -4.37. The molecule has 0 fully saturated rings.